The molecule has 0 fully saturated rings. The maximum atomic E-state index is 13.0. The van der Waals surface area contributed by atoms with Crippen molar-refractivity contribution in [2.75, 3.05) is 0 Å². The lowest BCUT2D eigenvalue weighted by Crippen LogP contribution is -2.39. The second-order valence-electron chi connectivity index (χ2n) is 6.06. The summed E-state index contributed by atoms with van der Waals surface area (Å²) in [5, 5.41) is 18.8. The fourth-order valence-corrected chi connectivity index (χ4v) is 5.87. The van der Waals surface area contributed by atoms with Gasteiger partial charge in [-0.1, -0.05) is 70.7 Å². The standard InChI is InChI=1S/C19H12Cl4O5S/c20-13-2-1-3-14(21)16(13)19(29(26,27)28,10-4-6-11(24)7-5-10)12-8-9-15(25)18(23)17(12)22/h1-9,24-25H,(H,26,27,28). The molecule has 0 radical (unpaired) electrons. The van der Waals surface area contributed by atoms with E-state index in [4.69, 9.17) is 46.4 Å². The zero-order valence-electron chi connectivity index (χ0n) is 14.3. The highest BCUT2D eigenvalue weighted by Gasteiger charge is 2.52. The Bertz CT molecular complexity index is 1180. The predicted molar refractivity (Wildman–Crippen MR) is 114 cm³/mol. The minimum atomic E-state index is -5.07. The van der Waals surface area contributed by atoms with Crippen molar-refractivity contribution in [1.82, 2.24) is 0 Å². The molecule has 3 N–H and O–H groups in total. The topological polar surface area (TPSA) is 94.8 Å². The van der Waals surface area contributed by atoms with Crippen molar-refractivity contribution in [2.24, 2.45) is 0 Å². The Balaban J connectivity index is 2.63. The molecule has 0 saturated carbocycles. The van der Waals surface area contributed by atoms with Gasteiger partial charge in [0.25, 0.3) is 10.1 Å². The lowest BCUT2D eigenvalue weighted by Gasteiger charge is -2.34. The molecule has 0 aliphatic carbocycles. The number of benzene rings is 3. The molecule has 10 heteroatoms. The average Bonchev–Trinajstić information content (AvgIpc) is 2.64. The molecule has 0 bridgehead atoms. The highest BCUT2D eigenvalue weighted by Crippen LogP contribution is 2.52. The van der Waals surface area contributed by atoms with Crippen LogP contribution < -0.4 is 0 Å². The van der Waals surface area contributed by atoms with Crippen LogP contribution in [-0.4, -0.2) is 23.2 Å². The molecule has 0 saturated heterocycles. The van der Waals surface area contributed by atoms with Gasteiger partial charge in [-0.15, -0.1) is 0 Å². The van der Waals surface area contributed by atoms with Gasteiger partial charge in [-0.05, 0) is 35.9 Å². The highest BCUT2D eigenvalue weighted by atomic mass is 35.5. The smallest absolute Gasteiger partial charge is 0.283 e. The summed E-state index contributed by atoms with van der Waals surface area (Å²) in [6, 6.07) is 11.7. The molecule has 0 aromatic heterocycles. The van der Waals surface area contributed by atoms with Gasteiger partial charge in [0, 0.05) is 21.2 Å². The largest absolute Gasteiger partial charge is 0.508 e. The van der Waals surface area contributed by atoms with E-state index in [-0.39, 0.29) is 48.3 Å². The first-order valence-electron chi connectivity index (χ1n) is 7.90. The van der Waals surface area contributed by atoms with Crippen molar-refractivity contribution in [3.63, 3.8) is 0 Å². The fourth-order valence-electron chi connectivity index (χ4n) is 3.19. The molecule has 3 aromatic rings. The maximum absolute atomic E-state index is 13.0. The van der Waals surface area contributed by atoms with Crippen molar-refractivity contribution >= 4 is 56.5 Å². The first-order valence-corrected chi connectivity index (χ1v) is 10.9. The second kappa shape index (κ2) is 7.87. The Morgan fingerprint density at radius 3 is 1.83 bits per heavy atom. The first-order chi connectivity index (χ1) is 13.5. The van der Waals surface area contributed by atoms with Crippen LogP contribution in [0.3, 0.4) is 0 Å². The lowest BCUT2D eigenvalue weighted by molar-refractivity contribution is 0.456. The number of hydrogen-bond acceptors (Lipinski definition) is 4. The van der Waals surface area contributed by atoms with Gasteiger partial charge in [-0.25, -0.2) is 0 Å². The van der Waals surface area contributed by atoms with E-state index in [2.05, 4.69) is 0 Å². The van der Waals surface area contributed by atoms with Gasteiger partial charge < -0.3 is 10.2 Å². The van der Waals surface area contributed by atoms with Gasteiger partial charge in [0.05, 0.1) is 5.02 Å². The molecule has 3 rings (SSSR count). The Kier molecular flexibility index (Phi) is 5.98. The van der Waals surface area contributed by atoms with Gasteiger partial charge >= 0.3 is 0 Å². The third-order valence-electron chi connectivity index (χ3n) is 4.42. The molecule has 0 aliphatic heterocycles. The quantitative estimate of drug-likeness (QED) is 0.311. The van der Waals surface area contributed by atoms with E-state index >= 15 is 0 Å². The molecular weight excluding hydrogens is 482 g/mol. The van der Waals surface area contributed by atoms with Crippen LogP contribution >= 0.6 is 46.4 Å². The van der Waals surface area contributed by atoms with E-state index in [9.17, 15) is 23.2 Å². The average molecular weight is 494 g/mol. The third-order valence-corrected chi connectivity index (χ3v) is 7.35. The van der Waals surface area contributed by atoms with Gasteiger partial charge in [0.1, 0.15) is 16.5 Å². The van der Waals surface area contributed by atoms with Crippen LogP contribution in [0.2, 0.25) is 20.1 Å². The lowest BCUT2D eigenvalue weighted by atomic mass is 9.83. The summed E-state index contributed by atoms with van der Waals surface area (Å²) in [6.07, 6.45) is 0. The highest BCUT2D eigenvalue weighted by molar-refractivity contribution is 7.87. The Labute approximate surface area is 186 Å². The summed E-state index contributed by atoms with van der Waals surface area (Å²) >= 11 is 25.1. The second-order valence-corrected chi connectivity index (χ2v) is 9.19. The van der Waals surface area contributed by atoms with Crippen LogP contribution in [0.1, 0.15) is 16.7 Å². The molecule has 0 aliphatic rings. The van der Waals surface area contributed by atoms with Crippen LogP contribution in [0.15, 0.2) is 54.6 Å². The minimum absolute atomic E-state index is 0.0172. The van der Waals surface area contributed by atoms with Gasteiger partial charge in [-0.2, -0.15) is 8.42 Å². The fraction of sp³-hybridized carbons (Fsp3) is 0.0526. The van der Waals surface area contributed by atoms with Crippen molar-refractivity contribution in [3.8, 4) is 11.5 Å². The van der Waals surface area contributed by atoms with Crippen molar-refractivity contribution in [2.45, 2.75) is 4.75 Å². The summed E-state index contributed by atoms with van der Waals surface area (Å²) in [5.41, 5.74) is -0.373. The van der Waals surface area contributed by atoms with E-state index in [0.29, 0.717) is 0 Å². The van der Waals surface area contributed by atoms with Crippen molar-refractivity contribution in [3.05, 3.63) is 91.4 Å². The van der Waals surface area contributed by atoms with Gasteiger partial charge in [-0.3, -0.25) is 4.55 Å². The first kappa shape index (κ1) is 22.0. The normalized spacial score (nSPS) is 13.8. The number of phenolic OH excluding ortho intramolecular Hbond substituents is 2. The van der Waals surface area contributed by atoms with Crippen LogP contribution in [-0.2, 0) is 14.9 Å². The van der Waals surface area contributed by atoms with Crippen molar-refractivity contribution in [1.29, 1.82) is 0 Å². The van der Waals surface area contributed by atoms with Gasteiger partial charge in [0.2, 0.25) is 0 Å². The Morgan fingerprint density at radius 1 is 0.759 bits per heavy atom. The number of phenols is 2. The van der Waals surface area contributed by atoms with Crippen LogP contribution in [0, 0.1) is 0 Å². The molecule has 3 aromatic carbocycles. The van der Waals surface area contributed by atoms with Crippen LogP contribution in [0.5, 0.6) is 11.5 Å². The number of hydrogen-bond donors (Lipinski definition) is 3. The summed E-state index contributed by atoms with van der Waals surface area (Å²) < 4.78 is 34.1. The molecule has 29 heavy (non-hydrogen) atoms. The van der Waals surface area contributed by atoms with Gasteiger partial charge in [0.15, 0.2) is 4.75 Å². The summed E-state index contributed by atoms with van der Waals surface area (Å²) in [7, 11) is -5.07. The third kappa shape index (κ3) is 3.54. The van der Waals surface area contributed by atoms with E-state index < -0.39 is 14.9 Å². The molecule has 0 heterocycles. The molecule has 0 spiro atoms. The van der Waals surface area contributed by atoms with E-state index in [1.807, 2.05) is 0 Å². The molecule has 152 valence electrons. The summed E-state index contributed by atoms with van der Waals surface area (Å²) in [5.74, 6) is -0.529. The predicted octanol–water partition coefficient (Wildman–Crippen LogP) is 5.89. The number of rotatable bonds is 4. The van der Waals surface area contributed by atoms with Crippen LogP contribution in [0.25, 0.3) is 0 Å². The molecule has 5 nitrogen and oxygen atoms in total. The Morgan fingerprint density at radius 2 is 1.31 bits per heavy atom. The SMILES string of the molecule is O=S(=O)(O)C(c1ccc(O)cc1)(c1ccc(O)c(Cl)c1Cl)c1c(Cl)cccc1Cl. The van der Waals surface area contributed by atoms with E-state index in [0.717, 1.165) is 6.07 Å². The molecule has 0 amide bonds. The number of aromatic hydroxyl groups is 2. The van der Waals surface area contributed by atoms with Crippen LogP contribution in [0.4, 0.5) is 0 Å². The van der Waals surface area contributed by atoms with E-state index in [1.54, 1.807) is 0 Å². The maximum Gasteiger partial charge on any atom is 0.283 e. The molecular formula is C19H12Cl4O5S. The minimum Gasteiger partial charge on any atom is -0.508 e. The molecule has 1 unspecified atom stereocenters. The zero-order valence-corrected chi connectivity index (χ0v) is 18.1. The van der Waals surface area contributed by atoms with E-state index in [1.165, 1.54) is 48.5 Å². The monoisotopic (exact) mass is 492 g/mol. The zero-order chi connectivity index (χ0) is 21.6. The number of halogens is 4. The molecule has 1 atom stereocenters. The Hall–Kier alpha value is -1.67. The van der Waals surface area contributed by atoms with Crippen molar-refractivity contribution < 1.29 is 23.2 Å². The summed E-state index contributed by atoms with van der Waals surface area (Å²) in [4.78, 5) is 0. The summed E-state index contributed by atoms with van der Waals surface area (Å²) in [6.45, 7) is 0.